The van der Waals surface area contributed by atoms with Crippen molar-refractivity contribution < 1.29 is 4.74 Å². The summed E-state index contributed by atoms with van der Waals surface area (Å²) >= 11 is 0. The van der Waals surface area contributed by atoms with E-state index in [1.807, 2.05) is 11.7 Å². The zero-order chi connectivity index (χ0) is 13.0. The van der Waals surface area contributed by atoms with E-state index >= 15 is 0 Å². The van der Waals surface area contributed by atoms with Gasteiger partial charge in [-0.2, -0.15) is 5.10 Å². The molecule has 1 fully saturated rings. The molecule has 0 spiro atoms. The third-order valence-electron chi connectivity index (χ3n) is 4.98. The molecule has 1 heterocycles. The summed E-state index contributed by atoms with van der Waals surface area (Å²) in [4.78, 5) is 0. The number of nitrogens with two attached hydrogens (primary N) is 1. The molecular formula is C13H23N3O. The molecule has 1 saturated carbocycles. The second-order valence-corrected chi connectivity index (χ2v) is 6.17. The van der Waals surface area contributed by atoms with E-state index in [0.29, 0.717) is 5.92 Å². The highest BCUT2D eigenvalue weighted by Crippen LogP contribution is 2.72. The summed E-state index contributed by atoms with van der Waals surface area (Å²) in [7, 11) is 3.58. The standard InChI is InChI=1S/C13H23N3O/c1-12(2)11(13(12,3)4)9(14)10-8(17-6)7-15-16(10)5/h7,9,11H,14H2,1-6H3. The van der Waals surface area contributed by atoms with E-state index in [2.05, 4.69) is 32.8 Å². The molecule has 4 heteroatoms. The predicted octanol–water partition coefficient (Wildman–Crippen LogP) is 2.11. The Morgan fingerprint density at radius 3 is 2.29 bits per heavy atom. The van der Waals surface area contributed by atoms with Gasteiger partial charge >= 0.3 is 0 Å². The summed E-state index contributed by atoms with van der Waals surface area (Å²) in [6, 6.07) is -0.0255. The van der Waals surface area contributed by atoms with Gasteiger partial charge in [0, 0.05) is 7.05 Å². The van der Waals surface area contributed by atoms with Crippen molar-refractivity contribution in [2.45, 2.75) is 33.7 Å². The van der Waals surface area contributed by atoms with Crippen LogP contribution in [-0.4, -0.2) is 16.9 Å². The van der Waals surface area contributed by atoms with Gasteiger partial charge in [0.25, 0.3) is 0 Å². The number of methoxy groups -OCH3 is 1. The Morgan fingerprint density at radius 1 is 1.35 bits per heavy atom. The molecule has 2 rings (SSSR count). The van der Waals surface area contributed by atoms with Crippen molar-refractivity contribution in [2.75, 3.05) is 7.11 Å². The quantitative estimate of drug-likeness (QED) is 0.876. The van der Waals surface area contributed by atoms with Crippen LogP contribution in [0.25, 0.3) is 0 Å². The van der Waals surface area contributed by atoms with Crippen molar-refractivity contribution in [1.82, 2.24) is 9.78 Å². The SMILES string of the molecule is COc1cnn(C)c1C(N)C1C(C)(C)C1(C)C. The molecule has 17 heavy (non-hydrogen) atoms. The molecule has 4 nitrogen and oxygen atoms in total. The summed E-state index contributed by atoms with van der Waals surface area (Å²) < 4.78 is 7.17. The molecule has 1 atom stereocenters. The molecule has 1 aliphatic carbocycles. The van der Waals surface area contributed by atoms with E-state index < -0.39 is 0 Å². The van der Waals surface area contributed by atoms with E-state index in [-0.39, 0.29) is 16.9 Å². The molecule has 0 bridgehead atoms. The predicted molar refractivity (Wildman–Crippen MR) is 67.7 cm³/mol. The lowest BCUT2D eigenvalue weighted by Crippen LogP contribution is -2.20. The Labute approximate surface area is 103 Å². The molecule has 0 saturated heterocycles. The van der Waals surface area contributed by atoms with Gasteiger partial charge in [-0.25, -0.2) is 0 Å². The summed E-state index contributed by atoms with van der Waals surface area (Å²) in [6.45, 7) is 9.11. The van der Waals surface area contributed by atoms with Gasteiger partial charge in [-0.05, 0) is 16.7 Å². The van der Waals surface area contributed by atoms with Crippen LogP contribution in [0.2, 0.25) is 0 Å². The molecule has 0 aromatic carbocycles. The van der Waals surface area contributed by atoms with E-state index in [4.69, 9.17) is 10.5 Å². The summed E-state index contributed by atoms with van der Waals surface area (Å²) in [5.41, 5.74) is 7.96. The third kappa shape index (κ3) is 1.50. The van der Waals surface area contributed by atoms with Crippen LogP contribution in [0.3, 0.4) is 0 Å². The summed E-state index contributed by atoms with van der Waals surface area (Å²) in [5, 5.41) is 4.23. The van der Waals surface area contributed by atoms with E-state index in [1.54, 1.807) is 13.3 Å². The largest absolute Gasteiger partial charge is 0.493 e. The van der Waals surface area contributed by atoms with Crippen molar-refractivity contribution in [1.29, 1.82) is 0 Å². The van der Waals surface area contributed by atoms with Crippen LogP contribution in [-0.2, 0) is 7.05 Å². The minimum atomic E-state index is -0.0255. The second kappa shape index (κ2) is 3.48. The highest BCUT2D eigenvalue weighted by atomic mass is 16.5. The molecule has 0 amide bonds. The van der Waals surface area contributed by atoms with Crippen LogP contribution in [0.5, 0.6) is 5.75 Å². The maximum atomic E-state index is 6.43. The van der Waals surface area contributed by atoms with Crippen molar-refractivity contribution >= 4 is 0 Å². The van der Waals surface area contributed by atoms with Crippen molar-refractivity contribution in [3.05, 3.63) is 11.9 Å². The van der Waals surface area contributed by atoms with Gasteiger partial charge in [-0.15, -0.1) is 0 Å². The van der Waals surface area contributed by atoms with E-state index in [9.17, 15) is 0 Å². The average Bonchev–Trinajstić information content (AvgIpc) is 2.55. The van der Waals surface area contributed by atoms with Crippen LogP contribution in [0, 0.1) is 16.7 Å². The lowest BCUT2D eigenvalue weighted by molar-refractivity contribution is 0.390. The zero-order valence-corrected chi connectivity index (χ0v) is 11.6. The molecule has 1 aromatic rings. The van der Waals surface area contributed by atoms with E-state index in [0.717, 1.165) is 11.4 Å². The fourth-order valence-corrected chi connectivity index (χ4v) is 3.27. The molecule has 1 unspecified atom stereocenters. The first kappa shape index (κ1) is 12.4. The van der Waals surface area contributed by atoms with Crippen LogP contribution >= 0.6 is 0 Å². The zero-order valence-electron chi connectivity index (χ0n) is 11.6. The highest BCUT2D eigenvalue weighted by molar-refractivity contribution is 5.32. The Kier molecular flexibility index (Phi) is 2.54. The molecule has 0 radical (unpaired) electrons. The van der Waals surface area contributed by atoms with Crippen LogP contribution < -0.4 is 10.5 Å². The van der Waals surface area contributed by atoms with Gasteiger partial charge < -0.3 is 10.5 Å². The molecule has 1 aliphatic rings. The van der Waals surface area contributed by atoms with Gasteiger partial charge in [0.1, 0.15) is 0 Å². The number of aromatic nitrogens is 2. The number of nitrogens with zero attached hydrogens (tertiary/aromatic N) is 2. The Morgan fingerprint density at radius 2 is 1.88 bits per heavy atom. The highest BCUT2D eigenvalue weighted by Gasteiger charge is 2.67. The second-order valence-electron chi connectivity index (χ2n) is 6.17. The fraction of sp³-hybridized carbons (Fsp3) is 0.769. The third-order valence-corrected chi connectivity index (χ3v) is 4.98. The number of hydrogen-bond acceptors (Lipinski definition) is 3. The van der Waals surface area contributed by atoms with Gasteiger partial charge in [-0.1, -0.05) is 27.7 Å². The van der Waals surface area contributed by atoms with Gasteiger partial charge in [-0.3, -0.25) is 4.68 Å². The maximum absolute atomic E-state index is 6.43. The minimum absolute atomic E-state index is 0.0255. The van der Waals surface area contributed by atoms with Crippen LogP contribution in [0.15, 0.2) is 6.20 Å². The van der Waals surface area contributed by atoms with Crippen molar-refractivity contribution in [3.8, 4) is 5.75 Å². The molecular weight excluding hydrogens is 214 g/mol. The van der Waals surface area contributed by atoms with Gasteiger partial charge in [0.2, 0.25) is 0 Å². The number of rotatable bonds is 3. The summed E-state index contributed by atoms with van der Waals surface area (Å²) in [5.74, 6) is 1.25. The average molecular weight is 237 g/mol. The number of hydrogen-bond donors (Lipinski definition) is 1. The van der Waals surface area contributed by atoms with Gasteiger partial charge in [0.15, 0.2) is 5.75 Å². The van der Waals surface area contributed by atoms with Crippen molar-refractivity contribution in [2.24, 2.45) is 29.5 Å². The Bertz CT molecular complexity index is 420. The lowest BCUT2D eigenvalue weighted by atomic mass is 10.0. The molecule has 2 N–H and O–H groups in total. The smallest absolute Gasteiger partial charge is 0.161 e. The first-order chi connectivity index (χ1) is 7.75. The first-order valence-electron chi connectivity index (χ1n) is 6.06. The Hall–Kier alpha value is -1.03. The topological polar surface area (TPSA) is 53.1 Å². The normalized spacial score (nSPS) is 23.5. The molecule has 96 valence electrons. The Balaban J connectivity index is 2.34. The van der Waals surface area contributed by atoms with Crippen molar-refractivity contribution in [3.63, 3.8) is 0 Å². The number of aryl methyl sites for hydroxylation is 1. The first-order valence-corrected chi connectivity index (χ1v) is 6.06. The monoisotopic (exact) mass is 237 g/mol. The molecule has 1 aromatic heterocycles. The fourth-order valence-electron chi connectivity index (χ4n) is 3.27. The lowest BCUT2D eigenvalue weighted by Gasteiger charge is -2.16. The summed E-state index contributed by atoms with van der Waals surface area (Å²) in [6.07, 6.45) is 1.73. The van der Waals surface area contributed by atoms with Gasteiger partial charge in [0.05, 0.1) is 25.0 Å². The minimum Gasteiger partial charge on any atom is -0.493 e. The molecule has 0 aliphatic heterocycles. The van der Waals surface area contributed by atoms with E-state index in [1.165, 1.54) is 0 Å². The van der Waals surface area contributed by atoms with Crippen LogP contribution in [0.4, 0.5) is 0 Å². The van der Waals surface area contributed by atoms with Crippen LogP contribution in [0.1, 0.15) is 39.4 Å². The maximum Gasteiger partial charge on any atom is 0.161 e. The number of ether oxygens (including phenoxy) is 1.